The van der Waals surface area contributed by atoms with Gasteiger partial charge in [0.25, 0.3) is 0 Å². The number of hydrogen-bond donors (Lipinski definition) is 1. The molecule has 0 spiro atoms. The highest BCUT2D eigenvalue weighted by Gasteiger charge is 2.02. The number of halogens is 1. The molecule has 1 atom stereocenters. The fraction of sp³-hybridized carbons (Fsp3) is 0.154. The number of rotatable bonds is 3. The number of aliphatic hydroxyl groups excluding tert-OH is 1. The van der Waals surface area contributed by atoms with E-state index in [1.54, 1.807) is 24.9 Å². The highest BCUT2D eigenvalue weighted by molar-refractivity contribution is 7.99. The van der Waals surface area contributed by atoms with Gasteiger partial charge >= 0.3 is 0 Å². The predicted molar refractivity (Wildman–Crippen MR) is 70.4 cm³/mol. The molecule has 17 heavy (non-hydrogen) atoms. The van der Waals surface area contributed by atoms with Gasteiger partial charge in [0.1, 0.15) is 5.03 Å². The van der Waals surface area contributed by atoms with Crippen LogP contribution in [0, 0.1) is 0 Å². The van der Waals surface area contributed by atoms with E-state index in [0.717, 1.165) is 20.5 Å². The quantitative estimate of drug-likeness (QED) is 0.913. The molecular weight excluding hydrogens is 254 g/mol. The van der Waals surface area contributed by atoms with Crippen molar-refractivity contribution in [1.29, 1.82) is 0 Å². The predicted octanol–water partition coefficient (Wildman–Crippen LogP) is 3.94. The first-order valence-electron chi connectivity index (χ1n) is 5.22. The van der Waals surface area contributed by atoms with Gasteiger partial charge in [-0.25, -0.2) is 4.98 Å². The van der Waals surface area contributed by atoms with Crippen LogP contribution in [0.4, 0.5) is 0 Å². The molecule has 0 bridgehead atoms. The zero-order valence-electron chi connectivity index (χ0n) is 9.30. The van der Waals surface area contributed by atoms with Gasteiger partial charge in [-0.05, 0) is 42.8 Å². The maximum Gasteiger partial charge on any atom is 0.101 e. The second kappa shape index (κ2) is 5.54. The molecule has 0 fully saturated rings. The fourth-order valence-electron chi connectivity index (χ4n) is 1.32. The second-order valence-electron chi connectivity index (χ2n) is 3.66. The molecule has 88 valence electrons. The zero-order chi connectivity index (χ0) is 12.3. The number of benzene rings is 1. The number of hydrogen-bond acceptors (Lipinski definition) is 3. The van der Waals surface area contributed by atoms with Crippen LogP contribution in [0.15, 0.2) is 52.5 Å². The Morgan fingerprint density at radius 2 is 1.88 bits per heavy atom. The molecule has 0 saturated heterocycles. The first-order valence-corrected chi connectivity index (χ1v) is 6.42. The van der Waals surface area contributed by atoms with E-state index < -0.39 is 6.10 Å². The van der Waals surface area contributed by atoms with Crippen molar-refractivity contribution in [3.8, 4) is 0 Å². The molecule has 0 radical (unpaired) electrons. The third-order valence-corrected chi connectivity index (χ3v) is 3.49. The van der Waals surface area contributed by atoms with Crippen LogP contribution >= 0.6 is 23.4 Å². The van der Waals surface area contributed by atoms with Gasteiger partial charge in [0.2, 0.25) is 0 Å². The summed E-state index contributed by atoms with van der Waals surface area (Å²) in [5, 5.41) is 11.0. The van der Waals surface area contributed by atoms with Gasteiger partial charge in [0, 0.05) is 16.1 Å². The summed E-state index contributed by atoms with van der Waals surface area (Å²) in [7, 11) is 0. The Kier molecular flexibility index (Phi) is 4.05. The SMILES string of the molecule is CC(O)c1ccc(Sc2ccc(Cl)cc2)nc1. The van der Waals surface area contributed by atoms with Gasteiger partial charge in [0.05, 0.1) is 6.10 Å². The van der Waals surface area contributed by atoms with E-state index in [9.17, 15) is 5.11 Å². The van der Waals surface area contributed by atoms with Crippen LogP contribution in [-0.4, -0.2) is 10.1 Å². The van der Waals surface area contributed by atoms with E-state index >= 15 is 0 Å². The summed E-state index contributed by atoms with van der Waals surface area (Å²) in [5.41, 5.74) is 0.824. The van der Waals surface area contributed by atoms with Gasteiger partial charge in [-0.1, -0.05) is 29.4 Å². The Bertz CT molecular complexity index is 482. The monoisotopic (exact) mass is 265 g/mol. The second-order valence-corrected chi connectivity index (χ2v) is 5.19. The standard InChI is InChI=1S/C13H12ClNOS/c1-9(16)10-2-7-13(15-8-10)17-12-5-3-11(14)4-6-12/h2-9,16H,1H3. The van der Waals surface area contributed by atoms with E-state index in [1.807, 2.05) is 36.4 Å². The minimum absolute atomic E-state index is 0.475. The van der Waals surface area contributed by atoms with Crippen LogP contribution in [0.1, 0.15) is 18.6 Å². The molecule has 4 heteroatoms. The summed E-state index contributed by atoms with van der Waals surface area (Å²) in [6.45, 7) is 1.73. The summed E-state index contributed by atoms with van der Waals surface area (Å²) in [6.07, 6.45) is 1.22. The van der Waals surface area contributed by atoms with E-state index in [0.29, 0.717) is 0 Å². The molecule has 0 aliphatic carbocycles. The topological polar surface area (TPSA) is 33.1 Å². The van der Waals surface area contributed by atoms with Crippen molar-refractivity contribution in [3.05, 3.63) is 53.2 Å². The minimum Gasteiger partial charge on any atom is -0.389 e. The highest BCUT2D eigenvalue weighted by atomic mass is 35.5. The lowest BCUT2D eigenvalue weighted by atomic mass is 10.2. The molecule has 2 nitrogen and oxygen atoms in total. The van der Waals surface area contributed by atoms with Gasteiger partial charge in [-0.15, -0.1) is 0 Å². The summed E-state index contributed by atoms with van der Waals surface area (Å²) >= 11 is 7.38. The number of pyridine rings is 1. The molecule has 1 aromatic carbocycles. The molecule has 0 aliphatic heterocycles. The molecule has 1 aromatic heterocycles. The van der Waals surface area contributed by atoms with Crippen LogP contribution in [0.25, 0.3) is 0 Å². The molecule has 0 aliphatic rings. The smallest absolute Gasteiger partial charge is 0.101 e. The zero-order valence-corrected chi connectivity index (χ0v) is 10.9. The summed E-state index contributed by atoms with van der Waals surface area (Å²) in [4.78, 5) is 5.38. The van der Waals surface area contributed by atoms with Gasteiger partial charge in [-0.3, -0.25) is 0 Å². The van der Waals surface area contributed by atoms with Crippen molar-refractivity contribution < 1.29 is 5.11 Å². The van der Waals surface area contributed by atoms with Crippen LogP contribution in [-0.2, 0) is 0 Å². The Labute approximate surface area is 110 Å². The lowest BCUT2D eigenvalue weighted by Crippen LogP contribution is -1.91. The molecular formula is C13H12ClNOS. The number of aliphatic hydroxyl groups is 1. The molecule has 0 amide bonds. The largest absolute Gasteiger partial charge is 0.389 e. The van der Waals surface area contributed by atoms with Crippen molar-refractivity contribution in [1.82, 2.24) is 4.98 Å². The maximum atomic E-state index is 9.37. The normalized spacial score (nSPS) is 12.4. The fourth-order valence-corrected chi connectivity index (χ4v) is 2.20. The molecule has 1 N–H and O–H groups in total. The molecule has 2 rings (SSSR count). The average Bonchev–Trinajstić information content (AvgIpc) is 2.33. The number of aromatic nitrogens is 1. The highest BCUT2D eigenvalue weighted by Crippen LogP contribution is 2.27. The third-order valence-electron chi connectivity index (χ3n) is 2.28. The van der Waals surface area contributed by atoms with Gasteiger partial charge < -0.3 is 5.11 Å². The Morgan fingerprint density at radius 1 is 1.18 bits per heavy atom. The van der Waals surface area contributed by atoms with Crippen molar-refractivity contribution in [2.75, 3.05) is 0 Å². The number of nitrogens with zero attached hydrogens (tertiary/aromatic N) is 1. The van der Waals surface area contributed by atoms with E-state index in [4.69, 9.17) is 11.6 Å². The van der Waals surface area contributed by atoms with Crippen LogP contribution < -0.4 is 0 Å². The van der Waals surface area contributed by atoms with E-state index in [1.165, 1.54) is 0 Å². The van der Waals surface area contributed by atoms with Gasteiger partial charge in [0.15, 0.2) is 0 Å². The third kappa shape index (κ3) is 3.46. The average molecular weight is 266 g/mol. The van der Waals surface area contributed by atoms with Crippen LogP contribution in [0.5, 0.6) is 0 Å². The van der Waals surface area contributed by atoms with Crippen molar-refractivity contribution in [2.24, 2.45) is 0 Å². The van der Waals surface area contributed by atoms with Crippen LogP contribution in [0.3, 0.4) is 0 Å². The van der Waals surface area contributed by atoms with E-state index in [-0.39, 0.29) is 0 Å². The Hall–Kier alpha value is -1.03. The Morgan fingerprint density at radius 3 is 2.41 bits per heavy atom. The molecule has 1 heterocycles. The van der Waals surface area contributed by atoms with Crippen molar-refractivity contribution in [3.63, 3.8) is 0 Å². The lowest BCUT2D eigenvalue weighted by Gasteiger charge is -2.05. The molecule has 1 unspecified atom stereocenters. The Balaban J connectivity index is 2.11. The summed E-state index contributed by atoms with van der Waals surface area (Å²) in [6, 6.07) is 11.4. The van der Waals surface area contributed by atoms with Crippen LogP contribution in [0.2, 0.25) is 5.02 Å². The minimum atomic E-state index is -0.475. The maximum absolute atomic E-state index is 9.37. The molecule has 2 aromatic rings. The van der Waals surface area contributed by atoms with Crippen molar-refractivity contribution >= 4 is 23.4 Å². The first kappa shape index (κ1) is 12.4. The lowest BCUT2D eigenvalue weighted by molar-refractivity contribution is 0.198. The van der Waals surface area contributed by atoms with Gasteiger partial charge in [-0.2, -0.15) is 0 Å². The first-order chi connectivity index (χ1) is 8.15. The van der Waals surface area contributed by atoms with E-state index in [2.05, 4.69) is 4.98 Å². The summed E-state index contributed by atoms with van der Waals surface area (Å²) < 4.78 is 0. The molecule has 0 saturated carbocycles. The van der Waals surface area contributed by atoms with Crippen molar-refractivity contribution in [2.45, 2.75) is 22.9 Å². The summed E-state index contributed by atoms with van der Waals surface area (Å²) in [5.74, 6) is 0.